The summed E-state index contributed by atoms with van der Waals surface area (Å²) < 4.78 is 35.4. The Morgan fingerprint density at radius 1 is 1.27 bits per heavy atom. The third-order valence-electron chi connectivity index (χ3n) is 6.15. The van der Waals surface area contributed by atoms with E-state index in [1.165, 1.54) is 15.2 Å². The fourth-order valence-electron chi connectivity index (χ4n) is 4.23. The molecule has 33 heavy (non-hydrogen) atoms. The molecule has 2 aromatic rings. The van der Waals surface area contributed by atoms with Gasteiger partial charge in [-0.1, -0.05) is 17.7 Å². The minimum Gasteiger partial charge on any atom is -0.376 e. The standard InChI is InChI=1S/C22H30ClN5O4S/c1-3-27-15-19(21(29)24-14-18-5-4-12-32-18)22(25-27)33(30,31)28-10-8-26(9-11-28)20-13-17(23)7-6-16(20)2/h6-7,13,15,18H,3-5,8-12,14H2,1-2H3,(H,24,29)/t18-/m0/s1. The molecule has 11 heteroatoms. The van der Waals surface area contributed by atoms with Crippen LogP contribution in [0, 0.1) is 6.92 Å². The number of aromatic nitrogens is 2. The molecule has 2 aliphatic rings. The second-order valence-corrected chi connectivity index (χ2v) is 10.7. The number of carbonyl (C=O) groups excluding carboxylic acids is 1. The number of hydrogen-bond donors (Lipinski definition) is 1. The third kappa shape index (κ3) is 5.18. The summed E-state index contributed by atoms with van der Waals surface area (Å²) in [6, 6.07) is 5.71. The van der Waals surface area contributed by atoms with Crippen molar-refractivity contribution in [1.29, 1.82) is 0 Å². The fourth-order valence-corrected chi connectivity index (χ4v) is 5.92. The summed E-state index contributed by atoms with van der Waals surface area (Å²) in [6.45, 7) is 7.00. The van der Waals surface area contributed by atoms with E-state index in [2.05, 4.69) is 15.3 Å². The maximum atomic E-state index is 13.5. The monoisotopic (exact) mass is 495 g/mol. The highest BCUT2D eigenvalue weighted by atomic mass is 35.5. The molecule has 2 aliphatic heterocycles. The van der Waals surface area contributed by atoms with E-state index in [9.17, 15) is 13.2 Å². The number of anilines is 1. The lowest BCUT2D eigenvalue weighted by atomic mass is 10.1. The first-order valence-electron chi connectivity index (χ1n) is 11.3. The predicted octanol–water partition coefficient (Wildman–Crippen LogP) is 2.28. The van der Waals surface area contributed by atoms with Crippen LogP contribution in [0.3, 0.4) is 0 Å². The summed E-state index contributed by atoms with van der Waals surface area (Å²) in [5.41, 5.74) is 2.16. The van der Waals surface area contributed by atoms with E-state index in [0.29, 0.717) is 50.9 Å². The molecule has 180 valence electrons. The van der Waals surface area contributed by atoms with Crippen LogP contribution in [0.1, 0.15) is 35.7 Å². The molecule has 0 unspecified atom stereocenters. The van der Waals surface area contributed by atoms with Crippen molar-refractivity contribution in [2.75, 3.05) is 44.2 Å². The average Bonchev–Trinajstić information content (AvgIpc) is 3.49. The maximum absolute atomic E-state index is 13.5. The Morgan fingerprint density at radius 3 is 2.70 bits per heavy atom. The van der Waals surface area contributed by atoms with E-state index in [1.807, 2.05) is 32.0 Å². The molecule has 9 nitrogen and oxygen atoms in total. The number of amides is 1. The molecule has 1 N–H and O–H groups in total. The highest BCUT2D eigenvalue weighted by Crippen LogP contribution is 2.27. The molecule has 2 saturated heterocycles. The summed E-state index contributed by atoms with van der Waals surface area (Å²) in [5.74, 6) is -0.447. The van der Waals surface area contributed by atoms with Gasteiger partial charge in [0.15, 0.2) is 0 Å². The van der Waals surface area contributed by atoms with Crippen molar-refractivity contribution in [1.82, 2.24) is 19.4 Å². The van der Waals surface area contributed by atoms with Crippen molar-refractivity contribution in [3.05, 3.63) is 40.5 Å². The lowest BCUT2D eigenvalue weighted by Gasteiger charge is -2.35. The lowest BCUT2D eigenvalue weighted by Crippen LogP contribution is -2.49. The van der Waals surface area contributed by atoms with E-state index in [-0.39, 0.29) is 16.7 Å². The summed E-state index contributed by atoms with van der Waals surface area (Å²) in [5, 5.41) is 7.51. The van der Waals surface area contributed by atoms with Crippen LogP contribution in [0.2, 0.25) is 5.02 Å². The van der Waals surface area contributed by atoms with Crippen LogP contribution in [-0.2, 0) is 21.3 Å². The lowest BCUT2D eigenvalue weighted by molar-refractivity contribution is 0.0855. The van der Waals surface area contributed by atoms with Crippen LogP contribution in [0.5, 0.6) is 0 Å². The van der Waals surface area contributed by atoms with Crippen LogP contribution in [-0.4, -0.2) is 73.8 Å². The summed E-state index contributed by atoms with van der Waals surface area (Å²) >= 11 is 6.16. The molecular formula is C22H30ClN5O4S. The minimum absolute atomic E-state index is 0.0294. The molecule has 3 heterocycles. The van der Waals surface area contributed by atoms with Crippen molar-refractivity contribution < 1.29 is 17.9 Å². The van der Waals surface area contributed by atoms with Crippen LogP contribution in [0.25, 0.3) is 0 Å². The largest absolute Gasteiger partial charge is 0.376 e. The quantitative estimate of drug-likeness (QED) is 0.633. The molecule has 0 aliphatic carbocycles. The summed E-state index contributed by atoms with van der Waals surface area (Å²) in [6.07, 6.45) is 3.33. The number of aryl methyl sites for hydroxylation is 2. The fraction of sp³-hybridized carbons (Fsp3) is 0.545. The van der Waals surface area contributed by atoms with E-state index < -0.39 is 15.9 Å². The van der Waals surface area contributed by atoms with Crippen molar-refractivity contribution in [2.45, 2.75) is 44.4 Å². The topological polar surface area (TPSA) is 96.8 Å². The second kappa shape index (κ2) is 10.0. The Balaban J connectivity index is 1.49. The first-order valence-corrected chi connectivity index (χ1v) is 13.1. The highest BCUT2D eigenvalue weighted by molar-refractivity contribution is 7.89. The van der Waals surface area contributed by atoms with Crippen LogP contribution in [0.4, 0.5) is 5.69 Å². The van der Waals surface area contributed by atoms with Gasteiger partial charge >= 0.3 is 0 Å². The number of rotatable bonds is 7. The van der Waals surface area contributed by atoms with Gasteiger partial charge < -0.3 is 15.0 Å². The van der Waals surface area contributed by atoms with Crippen molar-refractivity contribution in [3.63, 3.8) is 0 Å². The van der Waals surface area contributed by atoms with Gasteiger partial charge in [-0.05, 0) is 44.4 Å². The Kier molecular flexibility index (Phi) is 7.28. The number of halogens is 1. The Labute approximate surface area is 199 Å². The highest BCUT2D eigenvalue weighted by Gasteiger charge is 2.35. The Hall–Kier alpha value is -2.14. The van der Waals surface area contributed by atoms with Crippen molar-refractivity contribution in [3.8, 4) is 0 Å². The first-order chi connectivity index (χ1) is 15.8. The van der Waals surface area contributed by atoms with Gasteiger partial charge in [0.05, 0.1) is 11.7 Å². The molecule has 0 saturated carbocycles. The molecule has 1 atom stereocenters. The normalized spacial score (nSPS) is 19.7. The number of nitrogens with zero attached hydrogens (tertiary/aromatic N) is 4. The van der Waals surface area contributed by atoms with E-state index >= 15 is 0 Å². The number of piperazine rings is 1. The van der Waals surface area contributed by atoms with Gasteiger partial charge in [-0.3, -0.25) is 9.48 Å². The number of hydrogen-bond acceptors (Lipinski definition) is 6. The van der Waals surface area contributed by atoms with Gasteiger partial charge in [0.2, 0.25) is 5.03 Å². The number of carbonyl (C=O) groups is 1. The molecule has 2 fully saturated rings. The second-order valence-electron chi connectivity index (χ2n) is 8.37. The zero-order chi connectivity index (χ0) is 23.6. The molecule has 0 bridgehead atoms. The van der Waals surface area contributed by atoms with Crippen molar-refractivity contribution in [2.24, 2.45) is 0 Å². The molecule has 0 radical (unpaired) electrons. The Morgan fingerprint density at radius 2 is 2.03 bits per heavy atom. The average molecular weight is 496 g/mol. The third-order valence-corrected chi connectivity index (χ3v) is 8.22. The molecule has 4 rings (SSSR count). The zero-order valence-corrected chi connectivity index (χ0v) is 20.5. The molecule has 1 aromatic carbocycles. The SMILES string of the molecule is CCn1cc(C(=O)NC[C@@H]2CCCO2)c(S(=O)(=O)N2CCN(c3cc(Cl)ccc3C)CC2)n1. The summed E-state index contributed by atoms with van der Waals surface area (Å²) in [4.78, 5) is 15.0. The Bertz CT molecular complexity index is 1110. The zero-order valence-electron chi connectivity index (χ0n) is 19.0. The summed E-state index contributed by atoms with van der Waals surface area (Å²) in [7, 11) is -3.93. The molecule has 0 spiro atoms. The molecular weight excluding hydrogens is 466 g/mol. The van der Waals surface area contributed by atoms with Gasteiger partial charge in [0.25, 0.3) is 15.9 Å². The molecule has 1 amide bonds. The van der Waals surface area contributed by atoms with Gasteiger partial charge in [-0.15, -0.1) is 0 Å². The van der Waals surface area contributed by atoms with E-state index in [0.717, 1.165) is 24.1 Å². The van der Waals surface area contributed by atoms with Gasteiger partial charge in [-0.25, -0.2) is 8.42 Å². The van der Waals surface area contributed by atoms with Crippen molar-refractivity contribution >= 4 is 33.2 Å². The van der Waals surface area contributed by atoms with Crippen LogP contribution < -0.4 is 10.2 Å². The minimum atomic E-state index is -3.93. The van der Waals surface area contributed by atoms with Crippen LogP contribution in [0.15, 0.2) is 29.4 Å². The number of sulfonamides is 1. The van der Waals surface area contributed by atoms with Gasteiger partial charge in [0, 0.05) is 62.8 Å². The smallest absolute Gasteiger partial charge is 0.263 e. The first kappa shape index (κ1) is 24.0. The van der Waals surface area contributed by atoms with E-state index in [1.54, 1.807) is 0 Å². The number of benzene rings is 1. The van der Waals surface area contributed by atoms with Crippen LogP contribution >= 0.6 is 11.6 Å². The van der Waals surface area contributed by atoms with Gasteiger partial charge in [-0.2, -0.15) is 9.40 Å². The van der Waals surface area contributed by atoms with Gasteiger partial charge in [0.1, 0.15) is 0 Å². The maximum Gasteiger partial charge on any atom is 0.263 e. The van der Waals surface area contributed by atoms with E-state index in [4.69, 9.17) is 16.3 Å². The number of ether oxygens (including phenoxy) is 1. The number of nitrogens with one attached hydrogen (secondary N) is 1. The molecule has 1 aromatic heterocycles. The predicted molar refractivity (Wildman–Crippen MR) is 126 cm³/mol.